The Morgan fingerprint density at radius 1 is 1.14 bits per heavy atom. The van der Waals surface area contributed by atoms with E-state index in [1.807, 2.05) is 6.92 Å². The lowest BCUT2D eigenvalue weighted by atomic mass is 9.85. The predicted octanol–water partition coefficient (Wildman–Crippen LogP) is 3.86. The third kappa shape index (κ3) is 9.33. The molecule has 0 aliphatic heterocycles. The number of allylic oxidation sites excluding steroid dienone is 1. The number of phenols is 1. The van der Waals surface area contributed by atoms with Gasteiger partial charge in [0.15, 0.2) is 11.9 Å². The van der Waals surface area contributed by atoms with Gasteiger partial charge >= 0.3 is 0 Å². The number of nitrogens with one attached hydrogen (secondary N) is 1. The number of carbonyl (C=O) groups excluding carboxylic acids is 2. The topological polar surface area (TPSA) is 125 Å². The Kier molecular flexibility index (Phi) is 13.9. The Labute approximate surface area is 219 Å². The standard InChI is InChI=1S/C27H40ClNO7/c1-7-8-9-16(2)23(31)18(4)24(32)17(3)14-22(35-5)25(33)26(36-6)27(34)29-13-12-19-10-11-21(30)20(28)15-19/h10-16,18,22-23,25-26,30-31,33H,7-9H2,1-6H3,(H,29,34). The van der Waals surface area contributed by atoms with Gasteiger partial charge in [-0.2, -0.15) is 0 Å². The largest absolute Gasteiger partial charge is 0.506 e. The van der Waals surface area contributed by atoms with Crippen LogP contribution in [-0.4, -0.2) is 65.6 Å². The molecule has 0 aliphatic rings. The first-order chi connectivity index (χ1) is 17.0. The van der Waals surface area contributed by atoms with Crippen LogP contribution in [0.2, 0.25) is 5.02 Å². The van der Waals surface area contributed by atoms with Gasteiger partial charge in [0.2, 0.25) is 0 Å². The molecule has 0 saturated carbocycles. The zero-order valence-corrected chi connectivity index (χ0v) is 22.7. The molecule has 0 aliphatic carbocycles. The zero-order chi connectivity index (χ0) is 27.4. The minimum Gasteiger partial charge on any atom is -0.506 e. The third-order valence-corrected chi connectivity index (χ3v) is 6.53. The van der Waals surface area contributed by atoms with Crippen molar-refractivity contribution < 1.29 is 34.4 Å². The molecule has 1 amide bonds. The Bertz CT molecular complexity index is 917. The highest BCUT2D eigenvalue weighted by Crippen LogP contribution is 2.24. The average molecular weight is 526 g/mol. The number of aromatic hydroxyl groups is 1. The van der Waals surface area contributed by atoms with Crippen LogP contribution >= 0.6 is 11.6 Å². The minimum atomic E-state index is -1.41. The molecule has 9 heteroatoms. The third-order valence-electron chi connectivity index (χ3n) is 6.23. The van der Waals surface area contributed by atoms with E-state index >= 15 is 0 Å². The Morgan fingerprint density at radius 3 is 2.36 bits per heavy atom. The molecular formula is C27H40ClNO7. The number of methoxy groups -OCH3 is 2. The van der Waals surface area contributed by atoms with E-state index in [0.717, 1.165) is 19.3 Å². The molecule has 6 unspecified atom stereocenters. The van der Waals surface area contributed by atoms with Gasteiger partial charge in [-0.05, 0) is 54.7 Å². The van der Waals surface area contributed by atoms with Crippen molar-refractivity contribution in [1.82, 2.24) is 5.32 Å². The first kappa shape index (κ1) is 31.8. The van der Waals surface area contributed by atoms with Crippen LogP contribution in [0.4, 0.5) is 0 Å². The van der Waals surface area contributed by atoms with Gasteiger partial charge in [-0.3, -0.25) is 9.59 Å². The Morgan fingerprint density at radius 2 is 1.81 bits per heavy atom. The van der Waals surface area contributed by atoms with Crippen molar-refractivity contribution in [2.75, 3.05) is 14.2 Å². The van der Waals surface area contributed by atoms with Crippen LogP contribution in [0.5, 0.6) is 5.75 Å². The van der Waals surface area contributed by atoms with Gasteiger partial charge < -0.3 is 30.1 Å². The van der Waals surface area contributed by atoms with E-state index < -0.39 is 36.2 Å². The molecule has 0 aromatic heterocycles. The maximum absolute atomic E-state index is 12.9. The minimum absolute atomic E-state index is 0.0206. The summed E-state index contributed by atoms with van der Waals surface area (Å²) in [6, 6.07) is 4.56. The van der Waals surface area contributed by atoms with Gasteiger partial charge in [0.05, 0.1) is 11.1 Å². The predicted molar refractivity (Wildman–Crippen MR) is 141 cm³/mol. The van der Waals surface area contributed by atoms with Gasteiger partial charge in [-0.15, -0.1) is 0 Å². The van der Waals surface area contributed by atoms with Crippen LogP contribution in [-0.2, 0) is 19.1 Å². The smallest absolute Gasteiger partial charge is 0.255 e. The number of aliphatic hydroxyl groups excluding tert-OH is 2. The molecule has 0 spiro atoms. The van der Waals surface area contributed by atoms with Crippen LogP contribution in [0.15, 0.2) is 36.0 Å². The second-order valence-corrected chi connectivity index (χ2v) is 9.42. The number of ketones is 1. The molecule has 8 nitrogen and oxygen atoms in total. The molecular weight excluding hydrogens is 486 g/mol. The highest BCUT2D eigenvalue weighted by atomic mass is 35.5. The fraction of sp³-hybridized carbons (Fsp3) is 0.556. The molecule has 0 saturated heterocycles. The number of amides is 1. The second kappa shape index (κ2) is 15.8. The van der Waals surface area contributed by atoms with Gasteiger partial charge in [0.25, 0.3) is 5.91 Å². The van der Waals surface area contributed by atoms with Crippen LogP contribution in [0.1, 0.15) is 52.5 Å². The number of unbranched alkanes of at least 4 members (excludes halogenated alkanes) is 1. The summed E-state index contributed by atoms with van der Waals surface area (Å²) < 4.78 is 10.6. The highest BCUT2D eigenvalue weighted by molar-refractivity contribution is 6.32. The van der Waals surface area contributed by atoms with Crippen molar-refractivity contribution in [2.24, 2.45) is 11.8 Å². The summed E-state index contributed by atoms with van der Waals surface area (Å²) in [7, 11) is 2.63. The fourth-order valence-corrected chi connectivity index (χ4v) is 4.03. The number of phenolic OH excluding ortho intramolecular Hbond substituents is 1. The molecule has 4 N–H and O–H groups in total. The lowest BCUT2D eigenvalue weighted by Crippen LogP contribution is -2.47. The van der Waals surface area contributed by atoms with Crippen LogP contribution in [0.25, 0.3) is 6.08 Å². The molecule has 1 aromatic carbocycles. The van der Waals surface area contributed by atoms with Crippen LogP contribution in [0, 0.1) is 11.8 Å². The molecule has 1 rings (SSSR count). The second-order valence-electron chi connectivity index (χ2n) is 9.01. The molecule has 1 aromatic rings. The Hall–Kier alpha value is -2.23. The van der Waals surface area contributed by atoms with Crippen molar-refractivity contribution in [1.29, 1.82) is 0 Å². The van der Waals surface area contributed by atoms with Crippen molar-refractivity contribution in [2.45, 2.75) is 71.4 Å². The lowest BCUT2D eigenvalue weighted by Gasteiger charge is -2.27. The molecule has 0 bridgehead atoms. The summed E-state index contributed by atoms with van der Waals surface area (Å²) in [6.07, 6.45) is 2.69. The fourth-order valence-electron chi connectivity index (χ4n) is 3.84. The number of carbonyl (C=O) groups is 2. The van der Waals surface area contributed by atoms with E-state index in [9.17, 15) is 24.9 Å². The monoisotopic (exact) mass is 525 g/mol. The number of ether oxygens (including phenoxy) is 2. The van der Waals surface area contributed by atoms with Crippen molar-refractivity contribution in [3.05, 3.63) is 46.6 Å². The van der Waals surface area contributed by atoms with Crippen molar-refractivity contribution in [3.63, 3.8) is 0 Å². The molecule has 36 heavy (non-hydrogen) atoms. The summed E-state index contributed by atoms with van der Waals surface area (Å²) in [6.45, 7) is 7.28. The summed E-state index contributed by atoms with van der Waals surface area (Å²) in [4.78, 5) is 25.6. The van der Waals surface area contributed by atoms with Crippen LogP contribution in [0.3, 0.4) is 0 Å². The van der Waals surface area contributed by atoms with E-state index in [-0.39, 0.29) is 22.5 Å². The Balaban J connectivity index is 2.88. The molecule has 0 heterocycles. The average Bonchev–Trinajstić information content (AvgIpc) is 2.86. The number of hydrogen-bond donors (Lipinski definition) is 4. The number of benzene rings is 1. The van der Waals surface area contributed by atoms with Gasteiger partial charge in [0, 0.05) is 26.3 Å². The zero-order valence-electron chi connectivity index (χ0n) is 21.9. The number of halogens is 1. The van der Waals surface area contributed by atoms with Crippen molar-refractivity contribution in [3.8, 4) is 5.75 Å². The quantitative estimate of drug-likeness (QED) is 0.256. The number of aliphatic hydroxyl groups is 2. The number of Topliss-reactive ketones (excluding diaryl/α,β-unsaturated/α-hetero) is 1. The summed E-state index contributed by atoms with van der Waals surface area (Å²) in [5.41, 5.74) is 0.953. The number of rotatable bonds is 15. The molecule has 0 radical (unpaired) electrons. The summed E-state index contributed by atoms with van der Waals surface area (Å²) in [5, 5.41) is 33.6. The lowest BCUT2D eigenvalue weighted by molar-refractivity contribution is -0.142. The normalized spacial score (nSPS) is 17.3. The number of hydrogen-bond acceptors (Lipinski definition) is 7. The van der Waals surface area contributed by atoms with E-state index in [1.165, 1.54) is 38.6 Å². The van der Waals surface area contributed by atoms with Crippen molar-refractivity contribution >= 4 is 29.4 Å². The summed E-state index contributed by atoms with van der Waals surface area (Å²) >= 11 is 5.87. The SMILES string of the molecule is CCCCC(C)C(O)C(C)C(=O)C(C)=CC(OC)C(O)C(OC)C(=O)NC=Cc1ccc(O)c(Cl)c1. The van der Waals surface area contributed by atoms with Gasteiger partial charge in [-0.25, -0.2) is 0 Å². The van der Waals surface area contributed by atoms with E-state index in [2.05, 4.69) is 12.2 Å². The first-order valence-corrected chi connectivity index (χ1v) is 12.5. The van der Waals surface area contributed by atoms with Gasteiger partial charge in [0.1, 0.15) is 18.0 Å². The van der Waals surface area contributed by atoms with E-state index in [0.29, 0.717) is 11.1 Å². The summed E-state index contributed by atoms with van der Waals surface area (Å²) in [5.74, 6) is -1.58. The van der Waals surface area contributed by atoms with E-state index in [1.54, 1.807) is 26.0 Å². The highest BCUT2D eigenvalue weighted by Gasteiger charge is 2.33. The van der Waals surface area contributed by atoms with Gasteiger partial charge in [-0.1, -0.05) is 51.3 Å². The van der Waals surface area contributed by atoms with Crippen LogP contribution < -0.4 is 5.32 Å². The van der Waals surface area contributed by atoms with E-state index in [4.69, 9.17) is 21.1 Å². The molecule has 202 valence electrons. The molecule has 0 fully saturated rings. The first-order valence-electron chi connectivity index (χ1n) is 12.1. The maximum atomic E-state index is 12.9. The molecule has 6 atom stereocenters. The maximum Gasteiger partial charge on any atom is 0.255 e.